The lowest BCUT2D eigenvalue weighted by Gasteiger charge is -2.47. The summed E-state index contributed by atoms with van der Waals surface area (Å²) in [6.45, 7) is -0.0431. The first kappa shape index (κ1) is 27.7. The van der Waals surface area contributed by atoms with Crippen molar-refractivity contribution < 1.29 is 45.9 Å². The van der Waals surface area contributed by atoms with Gasteiger partial charge in [0.2, 0.25) is 11.4 Å². The van der Waals surface area contributed by atoms with Crippen LogP contribution in [0.3, 0.4) is 0 Å². The number of aromatic nitrogens is 2. The molecule has 2 aromatic heterocycles. The highest BCUT2D eigenvalue weighted by atomic mass is 35.5. The number of piperidine rings is 1. The molecular formula is C21H18ClF3N5O7S-. The lowest BCUT2D eigenvalue weighted by Crippen LogP contribution is -2.64. The molecule has 0 aromatic carbocycles. The molecule has 0 radical (unpaired) electrons. The van der Waals surface area contributed by atoms with Gasteiger partial charge in [0.1, 0.15) is 11.5 Å². The van der Waals surface area contributed by atoms with Crippen LogP contribution < -0.4 is 10.1 Å². The van der Waals surface area contributed by atoms with E-state index >= 15 is 0 Å². The number of nitrogens with one attached hydrogen (secondary N) is 1. The monoisotopic (exact) mass is 576 g/mol. The Morgan fingerprint density at radius 1 is 1.21 bits per heavy atom. The van der Waals surface area contributed by atoms with Crippen molar-refractivity contribution in [1.82, 2.24) is 25.2 Å². The third-order valence-electron chi connectivity index (χ3n) is 5.93. The third kappa shape index (κ3) is 5.29. The minimum Gasteiger partial charge on any atom is -0.771 e. The predicted molar refractivity (Wildman–Crippen MR) is 121 cm³/mol. The average molecular weight is 577 g/mol. The molecular weight excluding hydrogens is 559 g/mol. The molecule has 4 heterocycles. The topological polar surface area (TPSA) is 154 Å². The predicted octanol–water partition coefficient (Wildman–Crippen LogP) is 1.65. The summed E-state index contributed by atoms with van der Waals surface area (Å²) in [6, 6.07) is 3.83. The number of carbonyl (C=O) groups is 3. The summed E-state index contributed by atoms with van der Waals surface area (Å²) in [6.07, 6.45) is -1.86. The van der Waals surface area contributed by atoms with Gasteiger partial charge in [-0.15, -0.1) is 5.06 Å². The molecule has 3 unspecified atom stereocenters. The van der Waals surface area contributed by atoms with Gasteiger partial charge in [0.15, 0.2) is 0 Å². The largest absolute Gasteiger partial charge is 0.771 e. The number of hydrogen-bond acceptors (Lipinski definition) is 10. The molecule has 12 nitrogen and oxygen atoms in total. The summed E-state index contributed by atoms with van der Waals surface area (Å²) in [5.41, 5.74) is -2.97. The number of halogens is 4. The van der Waals surface area contributed by atoms with Crippen molar-refractivity contribution in [2.75, 3.05) is 13.1 Å². The molecule has 1 N–H and O–H groups in total. The maximum Gasteiger partial charge on any atom is 0.493 e. The molecule has 3 amide bonds. The van der Waals surface area contributed by atoms with E-state index in [4.69, 9.17) is 16.3 Å². The van der Waals surface area contributed by atoms with Gasteiger partial charge in [-0.3, -0.25) is 24.2 Å². The number of carbonyl (C=O) groups excluding carboxylic acids is 3. The second kappa shape index (κ2) is 10.8. The highest BCUT2D eigenvalue weighted by Crippen LogP contribution is 2.42. The highest BCUT2D eigenvalue weighted by Gasteiger charge is 2.65. The number of pyridine rings is 2. The van der Waals surface area contributed by atoms with Gasteiger partial charge in [-0.1, -0.05) is 11.6 Å². The van der Waals surface area contributed by atoms with Crippen molar-refractivity contribution in [1.29, 1.82) is 0 Å². The summed E-state index contributed by atoms with van der Waals surface area (Å²) in [7, 11) is 0. The van der Waals surface area contributed by atoms with E-state index in [0.717, 1.165) is 24.5 Å². The van der Waals surface area contributed by atoms with Crippen LogP contribution in [0.25, 0.3) is 0 Å². The second-order valence-electron chi connectivity index (χ2n) is 8.21. The van der Waals surface area contributed by atoms with Crippen molar-refractivity contribution in [3.8, 4) is 5.88 Å². The molecule has 3 atom stereocenters. The zero-order valence-corrected chi connectivity index (χ0v) is 20.7. The molecule has 2 aromatic rings. The van der Waals surface area contributed by atoms with E-state index in [2.05, 4.69) is 14.8 Å². The molecule has 4 rings (SSSR count). The Morgan fingerprint density at radius 2 is 1.87 bits per heavy atom. The van der Waals surface area contributed by atoms with Crippen LogP contribution in [0, 0.1) is 0 Å². The van der Waals surface area contributed by atoms with E-state index in [0.29, 0.717) is 5.02 Å². The zero-order valence-electron chi connectivity index (χ0n) is 19.1. The quantitative estimate of drug-likeness (QED) is 0.380. The number of nitrogens with zero attached hydrogens (tertiary/aromatic N) is 4. The molecule has 2 aliphatic rings. The van der Waals surface area contributed by atoms with Gasteiger partial charge in [-0.25, -0.2) is 14.6 Å². The minimum atomic E-state index is -5.55. The van der Waals surface area contributed by atoms with Crippen LogP contribution in [-0.2, 0) is 31.0 Å². The van der Waals surface area contributed by atoms with Gasteiger partial charge < -0.3 is 14.1 Å². The second-order valence-corrected chi connectivity index (χ2v) is 9.62. The van der Waals surface area contributed by atoms with E-state index in [1.54, 1.807) is 17.4 Å². The zero-order chi connectivity index (χ0) is 27.7. The SMILES string of the molecule is O=C1NC(=O)C(c2ccncc2)(C(N2CCC(Oc3ccc(Cl)cn3)CC2)S(=O)[O-])N1OC(=O)C(F)(F)F. The van der Waals surface area contributed by atoms with Crippen LogP contribution in [0.1, 0.15) is 18.4 Å². The molecule has 0 bridgehead atoms. The standard InChI is InChI=1S/C21H19ClF3N5O7S/c22-13-1-2-15(27-11-13)36-14-5-9-29(10-6-14)17(38(34)35)20(12-3-7-26-8-4-12)16(31)28-19(33)30(20)37-18(32)21(23,24)25/h1-4,7-8,11,14,17H,5-6,9-10H2,(H,34,35)(H,28,31,33)/p-1. The lowest BCUT2D eigenvalue weighted by atomic mass is 9.88. The molecule has 0 spiro atoms. The van der Waals surface area contributed by atoms with Crippen LogP contribution >= 0.6 is 11.6 Å². The van der Waals surface area contributed by atoms with Crippen LogP contribution in [0.4, 0.5) is 18.0 Å². The normalized spacial score (nSPS) is 22.6. The number of alkyl halides is 3. The fraction of sp³-hybridized carbons (Fsp3) is 0.381. The molecule has 2 aliphatic heterocycles. The Labute approximate surface area is 220 Å². The summed E-state index contributed by atoms with van der Waals surface area (Å²) < 4.78 is 70.3. The fourth-order valence-corrected chi connectivity index (χ4v) is 5.49. The Bertz CT molecular complexity index is 1230. The summed E-state index contributed by atoms with van der Waals surface area (Å²) in [5.74, 6) is -3.85. The smallest absolute Gasteiger partial charge is 0.493 e. The summed E-state index contributed by atoms with van der Waals surface area (Å²) in [4.78, 5) is 51.0. The fourth-order valence-electron chi connectivity index (χ4n) is 4.31. The van der Waals surface area contributed by atoms with Gasteiger partial charge in [0, 0.05) is 37.7 Å². The maximum absolute atomic E-state index is 13.3. The molecule has 38 heavy (non-hydrogen) atoms. The molecule has 0 saturated carbocycles. The summed E-state index contributed by atoms with van der Waals surface area (Å²) in [5, 5.41) is 0.0393. The maximum atomic E-state index is 13.3. The Balaban J connectivity index is 1.69. The number of likely N-dealkylation sites (tertiary alicyclic amines) is 1. The van der Waals surface area contributed by atoms with Crippen molar-refractivity contribution in [2.45, 2.75) is 36.0 Å². The first-order valence-electron chi connectivity index (χ1n) is 10.9. The van der Waals surface area contributed by atoms with E-state index in [-0.39, 0.29) is 42.4 Å². The third-order valence-corrected chi connectivity index (χ3v) is 7.16. The van der Waals surface area contributed by atoms with E-state index in [9.17, 15) is 36.3 Å². The molecule has 2 saturated heterocycles. The number of amides is 3. The Hall–Kier alpha value is -3.34. The number of urea groups is 1. The lowest BCUT2D eigenvalue weighted by molar-refractivity contribution is -0.241. The molecule has 204 valence electrons. The minimum absolute atomic E-state index is 0.0216. The van der Waals surface area contributed by atoms with Crippen LogP contribution in [0.2, 0.25) is 5.02 Å². The van der Waals surface area contributed by atoms with E-state index < -0.39 is 52.2 Å². The molecule has 17 heteroatoms. The Morgan fingerprint density at radius 3 is 2.42 bits per heavy atom. The summed E-state index contributed by atoms with van der Waals surface area (Å²) >= 11 is 2.60. The first-order valence-corrected chi connectivity index (χ1v) is 12.4. The highest BCUT2D eigenvalue weighted by molar-refractivity contribution is 7.79. The average Bonchev–Trinajstić information content (AvgIpc) is 3.11. The first-order chi connectivity index (χ1) is 17.9. The van der Waals surface area contributed by atoms with E-state index in [1.807, 2.05) is 0 Å². The number of rotatable bonds is 7. The van der Waals surface area contributed by atoms with Crippen molar-refractivity contribution in [3.63, 3.8) is 0 Å². The van der Waals surface area contributed by atoms with Crippen molar-refractivity contribution in [2.24, 2.45) is 0 Å². The van der Waals surface area contributed by atoms with E-state index in [1.165, 1.54) is 11.1 Å². The van der Waals surface area contributed by atoms with Gasteiger partial charge >= 0.3 is 18.2 Å². The number of hydrogen-bond donors (Lipinski definition) is 1. The number of imide groups is 1. The van der Waals surface area contributed by atoms with Crippen molar-refractivity contribution in [3.05, 3.63) is 53.4 Å². The molecule has 2 fully saturated rings. The van der Waals surface area contributed by atoms with Crippen LogP contribution in [0.5, 0.6) is 5.88 Å². The van der Waals surface area contributed by atoms with Crippen LogP contribution in [-0.4, -0.2) is 77.3 Å². The Kier molecular flexibility index (Phi) is 7.87. The molecule has 0 aliphatic carbocycles. The van der Waals surface area contributed by atoms with Gasteiger partial charge in [-0.05, 0) is 47.7 Å². The van der Waals surface area contributed by atoms with Gasteiger partial charge in [-0.2, -0.15) is 13.2 Å². The number of hydroxylamine groups is 2. The van der Waals surface area contributed by atoms with Gasteiger partial charge in [0.05, 0.1) is 5.02 Å². The number of ether oxygens (including phenoxy) is 1. The van der Waals surface area contributed by atoms with Crippen molar-refractivity contribution >= 4 is 40.6 Å². The van der Waals surface area contributed by atoms with Gasteiger partial charge in [0.25, 0.3) is 5.91 Å². The van der Waals surface area contributed by atoms with Crippen LogP contribution in [0.15, 0.2) is 42.9 Å².